The van der Waals surface area contributed by atoms with Crippen LogP contribution >= 0.6 is 11.6 Å². The lowest BCUT2D eigenvalue weighted by Gasteiger charge is -2.55. The smallest absolute Gasteiger partial charge is 0.226 e. The van der Waals surface area contributed by atoms with Crippen molar-refractivity contribution in [3.63, 3.8) is 0 Å². The first-order valence-corrected chi connectivity index (χ1v) is 12.5. The quantitative estimate of drug-likeness (QED) is 0.503. The van der Waals surface area contributed by atoms with Gasteiger partial charge in [0, 0.05) is 29.0 Å². The van der Waals surface area contributed by atoms with Gasteiger partial charge in [0.25, 0.3) is 0 Å². The molecular formula is C27H29ClFN3O. The summed E-state index contributed by atoms with van der Waals surface area (Å²) in [4.78, 5) is 18.1. The minimum Gasteiger partial charge on any atom is -0.355 e. The van der Waals surface area contributed by atoms with Crippen LogP contribution in [0.3, 0.4) is 0 Å². The van der Waals surface area contributed by atoms with Crippen LogP contribution in [0, 0.1) is 29.0 Å². The third-order valence-electron chi connectivity index (χ3n) is 8.27. The predicted molar refractivity (Wildman–Crippen MR) is 128 cm³/mol. The third-order valence-corrected chi connectivity index (χ3v) is 8.62. The minimum absolute atomic E-state index is 0.143. The Morgan fingerprint density at radius 3 is 2.45 bits per heavy atom. The average Bonchev–Trinajstić information content (AvgIpc) is 3.12. The van der Waals surface area contributed by atoms with Crippen molar-refractivity contribution >= 4 is 28.5 Å². The molecule has 4 bridgehead atoms. The highest BCUT2D eigenvalue weighted by molar-refractivity contribution is 6.31. The van der Waals surface area contributed by atoms with Crippen molar-refractivity contribution < 1.29 is 9.18 Å². The minimum atomic E-state index is -0.318. The molecule has 7 rings (SSSR count). The fourth-order valence-electron chi connectivity index (χ4n) is 7.20. The number of halogens is 2. The standard InChI is InChI=1S/C27H29ClFN3O/c28-21-4-3-5-22(29)20(21)16-32-24-7-2-1-6-23(24)31-25(32)8-9-30-26(33)27-13-17-10-18(14-27)12-19(11-17)15-27/h1-7,17-19H,8-16H2,(H,30,33). The lowest BCUT2D eigenvalue weighted by atomic mass is 9.49. The molecule has 4 aliphatic rings. The summed E-state index contributed by atoms with van der Waals surface area (Å²) in [6.45, 7) is 0.846. The second-order valence-electron chi connectivity index (χ2n) is 10.5. The van der Waals surface area contributed by atoms with Crippen LogP contribution in [0.5, 0.6) is 0 Å². The van der Waals surface area contributed by atoms with E-state index in [1.165, 1.54) is 25.3 Å². The Balaban J connectivity index is 1.21. The summed E-state index contributed by atoms with van der Waals surface area (Å²) in [6, 6.07) is 12.6. The van der Waals surface area contributed by atoms with Gasteiger partial charge < -0.3 is 9.88 Å². The lowest BCUT2D eigenvalue weighted by molar-refractivity contribution is -0.146. The second kappa shape index (κ2) is 8.12. The van der Waals surface area contributed by atoms with E-state index in [1.807, 2.05) is 28.8 Å². The highest BCUT2D eigenvalue weighted by Crippen LogP contribution is 2.60. The zero-order chi connectivity index (χ0) is 22.6. The maximum atomic E-state index is 14.5. The fourth-order valence-corrected chi connectivity index (χ4v) is 7.42. The molecule has 0 saturated heterocycles. The van der Waals surface area contributed by atoms with Gasteiger partial charge in [-0.25, -0.2) is 9.37 Å². The van der Waals surface area contributed by atoms with E-state index in [0.717, 1.165) is 53.9 Å². The van der Waals surface area contributed by atoms with Crippen molar-refractivity contribution in [2.45, 2.75) is 51.5 Å². The summed E-state index contributed by atoms with van der Waals surface area (Å²) in [5.74, 6) is 2.99. The molecule has 1 aromatic heterocycles. The highest BCUT2D eigenvalue weighted by Gasteiger charge is 2.54. The zero-order valence-corrected chi connectivity index (χ0v) is 19.5. The van der Waals surface area contributed by atoms with Gasteiger partial charge in [-0.3, -0.25) is 4.79 Å². The number of aromatic nitrogens is 2. The van der Waals surface area contributed by atoms with Crippen molar-refractivity contribution in [1.29, 1.82) is 0 Å². The van der Waals surface area contributed by atoms with E-state index in [1.54, 1.807) is 12.1 Å². The molecular weight excluding hydrogens is 437 g/mol. The lowest BCUT2D eigenvalue weighted by Crippen LogP contribution is -2.53. The Morgan fingerprint density at radius 2 is 1.76 bits per heavy atom. The molecule has 1 N–H and O–H groups in total. The van der Waals surface area contributed by atoms with Gasteiger partial charge >= 0.3 is 0 Å². The van der Waals surface area contributed by atoms with E-state index >= 15 is 0 Å². The maximum Gasteiger partial charge on any atom is 0.226 e. The molecule has 0 spiro atoms. The molecule has 1 heterocycles. The molecule has 6 heteroatoms. The van der Waals surface area contributed by atoms with Crippen molar-refractivity contribution in [3.05, 3.63) is 64.7 Å². The number of imidazole rings is 1. The molecule has 2 aromatic carbocycles. The van der Waals surface area contributed by atoms with Crippen LogP contribution in [0.25, 0.3) is 11.0 Å². The Bertz CT molecular complexity index is 1160. The van der Waals surface area contributed by atoms with Gasteiger partial charge in [0.15, 0.2) is 0 Å². The Kier molecular flexibility index (Phi) is 5.21. The summed E-state index contributed by atoms with van der Waals surface area (Å²) in [5.41, 5.74) is 2.13. The Hall–Kier alpha value is -2.40. The fraction of sp³-hybridized carbons (Fsp3) is 0.481. The van der Waals surface area contributed by atoms with Crippen LogP contribution in [-0.4, -0.2) is 22.0 Å². The van der Waals surface area contributed by atoms with E-state index in [0.29, 0.717) is 30.1 Å². The van der Waals surface area contributed by atoms with Crippen molar-refractivity contribution in [2.75, 3.05) is 6.54 Å². The summed E-state index contributed by atoms with van der Waals surface area (Å²) in [5, 5.41) is 3.66. The summed E-state index contributed by atoms with van der Waals surface area (Å²) in [7, 11) is 0. The summed E-state index contributed by atoms with van der Waals surface area (Å²) in [6.07, 6.45) is 7.78. The molecule has 4 saturated carbocycles. The molecule has 4 aliphatic carbocycles. The molecule has 3 aromatic rings. The molecule has 4 fully saturated rings. The summed E-state index contributed by atoms with van der Waals surface area (Å²) >= 11 is 6.31. The molecule has 0 aliphatic heterocycles. The van der Waals surface area contributed by atoms with E-state index in [9.17, 15) is 9.18 Å². The number of carbonyl (C=O) groups excluding carboxylic acids is 1. The van der Waals surface area contributed by atoms with Crippen LogP contribution < -0.4 is 5.32 Å². The first kappa shape index (κ1) is 21.2. The van der Waals surface area contributed by atoms with Gasteiger partial charge in [0.05, 0.1) is 17.6 Å². The average molecular weight is 466 g/mol. The van der Waals surface area contributed by atoms with E-state index < -0.39 is 0 Å². The van der Waals surface area contributed by atoms with Crippen molar-refractivity contribution in [3.8, 4) is 0 Å². The van der Waals surface area contributed by atoms with Crippen LogP contribution in [-0.2, 0) is 17.8 Å². The second-order valence-corrected chi connectivity index (χ2v) is 10.9. The number of nitrogens with one attached hydrogen (secondary N) is 1. The zero-order valence-electron chi connectivity index (χ0n) is 18.7. The van der Waals surface area contributed by atoms with Gasteiger partial charge in [-0.05, 0) is 80.5 Å². The van der Waals surface area contributed by atoms with Crippen LogP contribution in [0.4, 0.5) is 4.39 Å². The van der Waals surface area contributed by atoms with E-state index in [-0.39, 0.29) is 17.1 Å². The number of hydrogen-bond acceptors (Lipinski definition) is 2. The van der Waals surface area contributed by atoms with Gasteiger partial charge in [-0.1, -0.05) is 29.8 Å². The number of benzene rings is 2. The topological polar surface area (TPSA) is 46.9 Å². The molecule has 4 nitrogen and oxygen atoms in total. The Morgan fingerprint density at radius 1 is 1.06 bits per heavy atom. The van der Waals surface area contributed by atoms with Crippen molar-refractivity contribution in [1.82, 2.24) is 14.9 Å². The molecule has 0 radical (unpaired) electrons. The van der Waals surface area contributed by atoms with Gasteiger partial charge in [-0.15, -0.1) is 0 Å². The molecule has 1 amide bonds. The molecule has 0 unspecified atom stereocenters. The maximum absolute atomic E-state index is 14.5. The number of rotatable bonds is 6. The number of amides is 1. The number of carbonyl (C=O) groups is 1. The number of para-hydroxylation sites is 2. The number of hydrogen-bond donors (Lipinski definition) is 1. The van der Waals surface area contributed by atoms with E-state index in [4.69, 9.17) is 16.6 Å². The highest BCUT2D eigenvalue weighted by atomic mass is 35.5. The monoisotopic (exact) mass is 465 g/mol. The van der Waals surface area contributed by atoms with Gasteiger partial charge in [-0.2, -0.15) is 0 Å². The first-order valence-electron chi connectivity index (χ1n) is 12.2. The third kappa shape index (κ3) is 3.74. The number of nitrogens with zero attached hydrogens (tertiary/aromatic N) is 2. The molecule has 33 heavy (non-hydrogen) atoms. The first-order chi connectivity index (χ1) is 16.0. The predicted octanol–water partition coefficient (Wildman–Crippen LogP) is 5.75. The van der Waals surface area contributed by atoms with Crippen LogP contribution in [0.2, 0.25) is 5.02 Å². The van der Waals surface area contributed by atoms with Crippen LogP contribution in [0.15, 0.2) is 42.5 Å². The van der Waals surface area contributed by atoms with Gasteiger partial charge in [0.2, 0.25) is 5.91 Å². The van der Waals surface area contributed by atoms with E-state index in [2.05, 4.69) is 5.32 Å². The molecule has 172 valence electrons. The summed E-state index contributed by atoms with van der Waals surface area (Å²) < 4.78 is 16.5. The van der Waals surface area contributed by atoms with Crippen LogP contribution in [0.1, 0.15) is 49.9 Å². The number of fused-ring (bicyclic) bond motifs is 1. The Labute approximate surface area is 198 Å². The SMILES string of the molecule is O=C(NCCc1nc2ccccc2n1Cc1c(F)cccc1Cl)C12CC3CC(CC(C3)C1)C2. The van der Waals surface area contributed by atoms with Crippen molar-refractivity contribution in [2.24, 2.45) is 23.2 Å². The normalized spacial score (nSPS) is 27.9. The molecule has 0 atom stereocenters. The van der Waals surface area contributed by atoms with Gasteiger partial charge in [0.1, 0.15) is 11.6 Å². The largest absolute Gasteiger partial charge is 0.355 e.